The number of nitrogens with zero attached hydrogens (tertiary/aromatic N) is 3. The number of thioether (sulfide) groups is 1. The molecule has 0 saturated heterocycles. The zero-order valence-electron chi connectivity index (χ0n) is 23.0. The molecule has 0 bridgehead atoms. The zero-order chi connectivity index (χ0) is 28.8. The fourth-order valence-electron chi connectivity index (χ4n) is 4.76. The highest BCUT2D eigenvalue weighted by Gasteiger charge is 2.42. The third-order valence-electron chi connectivity index (χ3n) is 6.63. The lowest BCUT2D eigenvalue weighted by molar-refractivity contribution is -0.139. The van der Waals surface area contributed by atoms with Gasteiger partial charge >= 0.3 is 5.97 Å². The molecule has 2 aromatic carbocycles. The summed E-state index contributed by atoms with van der Waals surface area (Å²) in [6.07, 6.45) is 3.50. The van der Waals surface area contributed by atoms with Crippen LogP contribution in [0.15, 0.2) is 94.7 Å². The van der Waals surface area contributed by atoms with Crippen molar-refractivity contribution in [2.75, 3.05) is 20.8 Å². The predicted octanol–water partition coefficient (Wildman–Crippen LogP) is 5.08. The second-order valence-electron chi connectivity index (χ2n) is 9.17. The molecule has 0 fully saturated rings. The van der Waals surface area contributed by atoms with Gasteiger partial charge in [-0.25, -0.2) is 9.79 Å². The molecule has 5 rings (SSSR count). The summed E-state index contributed by atoms with van der Waals surface area (Å²) >= 11 is 1.41. The van der Waals surface area contributed by atoms with Gasteiger partial charge in [0.1, 0.15) is 0 Å². The number of esters is 1. The number of ether oxygens (including phenoxy) is 3. The average molecular weight is 571 g/mol. The number of hydrogen-bond acceptors (Lipinski definition) is 9. The van der Waals surface area contributed by atoms with Gasteiger partial charge in [0.15, 0.2) is 16.7 Å². The van der Waals surface area contributed by atoms with Gasteiger partial charge in [-0.15, -0.1) is 0 Å². The maximum absolute atomic E-state index is 13.7. The molecule has 2 aliphatic rings. The van der Waals surface area contributed by atoms with E-state index < -0.39 is 12.0 Å². The second-order valence-corrected chi connectivity index (χ2v) is 10.0. The van der Waals surface area contributed by atoms with Crippen molar-refractivity contribution in [3.8, 4) is 11.5 Å². The number of aliphatic imine (C=N–C) groups is 1. The smallest absolute Gasteiger partial charge is 0.338 e. The molecular weight excluding hydrogens is 540 g/mol. The standard InChI is InChI=1S/C31H30N4O5S/c1-4-40-30(37)27-28(21-10-6-5-7-11-21)34-31-35(29(27)22-12-13-24(38-2)25(15-22)39-3)23(19-41-31)16-26(36)33-18-20-9-8-14-32-17-20/h5-15,17,19,29H,4,16,18H2,1-3H3,(H,33,36). The Balaban J connectivity index is 1.57. The number of nitrogens with one attached hydrogen (secondary N) is 1. The van der Waals surface area contributed by atoms with Crippen LogP contribution in [0.3, 0.4) is 0 Å². The molecule has 1 aromatic heterocycles. The topological polar surface area (TPSA) is 102 Å². The summed E-state index contributed by atoms with van der Waals surface area (Å²) in [5.41, 5.74) is 4.06. The number of amidine groups is 1. The highest BCUT2D eigenvalue weighted by Crippen LogP contribution is 2.48. The molecule has 210 valence electrons. The summed E-state index contributed by atoms with van der Waals surface area (Å²) in [7, 11) is 3.14. The Morgan fingerprint density at radius 1 is 1.02 bits per heavy atom. The lowest BCUT2D eigenvalue weighted by atomic mass is 9.91. The number of benzene rings is 2. The lowest BCUT2D eigenvalue weighted by Gasteiger charge is -2.37. The fraction of sp³-hybridized carbons (Fsp3) is 0.226. The molecule has 3 heterocycles. The van der Waals surface area contributed by atoms with Gasteiger partial charge < -0.3 is 24.4 Å². The third-order valence-corrected chi connectivity index (χ3v) is 7.52. The van der Waals surface area contributed by atoms with Crippen molar-refractivity contribution in [1.82, 2.24) is 15.2 Å². The van der Waals surface area contributed by atoms with E-state index in [1.807, 2.05) is 64.9 Å². The molecule has 9 nitrogen and oxygen atoms in total. The van der Waals surface area contributed by atoms with Gasteiger partial charge in [-0.3, -0.25) is 9.78 Å². The van der Waals surface area contributed by atoms with E-state index in [4.69, 9.17) is 19.2 Å². The van der Waals surface area contributed by atoms with Crippen LogP contribution in [-0.2, 0) is 20.9 Å². The number of carbonyl (C=O) groups excluding carboxylic acids is 2. The van der Waals surface area contributed by atoms with Crippen LogP contribution >= 0.6 is 11.8 Å². The maximum Gasteiger partial charge on any atom is 0.338 e. The molecule has 1 atom stereocenters. The van der Waals surface area contributed by atoms with Crippen molar-refractivity contribution >= 4 is 34.5 Å². The van der Waals surface area contributed by atoms with Gasteiger partial charge in [-0.1, -0.05) is 54.2 Å². The van der Waals surface area contributed by atoms with E-state index in [2.05, 4.69) is 10.3 Å². The highest BCUT2D eigenvalue weighted by atomic mass is 32.2. The quantitative estimate of drug-likeness (QED) is 0.337. The minimum absolute atomic E-state index is 0.0901. The molecule has 0 saturated carbocycles. The first-order valence-electron chi connectivity index (χ1n) is 13.1. The van der Waals surface area contributed by atoms with Gasteiger partial charge in [0.25, 0.3) is 0 Å². The normalized spacial score (nSPS) is 16.0. The Bertz CT molecular complexity index is 1520. The second kappa shape index (κ2) is 12.7. The Morgan fingerprint density at radius 3 is 2.54 bits per heavy atom. The van der Waals surface area contributed by atoms with E-state index in [-0.39, 0.29) is 18.9 Å². The van der Waals surface area contributed by atoms with E-state index in [1.54, 1.807) is 39.6 Å². The van der Waals surface area contributed by atoms with E-state index in [0.717, 1.165) is 16.7 Å². The number of pyridine rings is 1. The van der Waals surface area contributed by atoms with Gasteiger partial charge in [-0.05, 0) is 41.7 Å². The largest absolute Gasteiger partial charge is 0.493 e. The number of aromatic nitrogens is 1. The summed E-state index contributed by atoms with van der Waals surface area (Å²) < 4.78 is 16.6. The molecule has 1 N–H and O–H groups in total. The molecule has 3 aromatic rings. The number of methoxy groups -OCH3 is 2. The van der Waals surface area contributed by atoms with Crippen molar-refractivity contribution in [1.29, 1.82) is 0 Å². The van der Waals surface area contributed by atoms with Crippen LogP contribution in [-0.4, -0.2) is 47.8 Å². The average Bonchev–Trinajstić information content (AvgIpc) is 3.41. The summed E-state index contributed by atoms with van der Waals surface area (Å²) in [6, 6.07) is 18.2. The Labute approximate surface area is 242 Å². The summed E-state index contributed by atoms with van der Waals surface area (Å²) in [4.78, 5) is 37.7. The SMILES string of the molecule is CCOC(=O)C1=C(c2ccccc2)N=C2SC=C(CC(=O)NCc3cccnc3)N2C1c1ccc(OC)c(OC)c1. The van der Waals surface area contributed by atoms with Gasteiger partial charge in [-0.2, -0.15) is 0 Å². The van der Waals surface area contributed by atoms with Crippen LogP contribution in [0.4, 0.5) is 0 Å². The van der Waals surface area contributed by atoms with E-state index in [0.29, 0.717) is 40.2 Å². The van der Waals surface area contributed by atoms with Crippen LogP contribution in [0.25, 0.3) is 5.70 Å². The van der Waals surface area contributed by atoms with Crippen molar-refractivity contribution < 1.29 is 23.8 Å². The molecule has 41 heavy (non-hydrogen) atoms. The first kappa shape index (κ1) is 28.0. The number of carbonyl (C=O) groups is 2. The first-order valence-corrected chi connectivity index (χ1v) is 14.0. The minimum Gasteiger partial charge on any atom is -0.493 e. The molecule has 2 aliphatic heterocycles. The number of rotatable bonds is 10. The Kier molecular flexibility index (Phi) is 8.69. The van der Waals surface area contributed by atoms with Crippen molar-refractivity contribution in [2.24, 2.45) is 4.99 Å². The van der Waals surface area contributed by atoms with Gasteiger partial charge in [0, 0.05) is 30.2 Å². The Morgan fingerprint density at radius 2 is 1.83 bits per heavy atom. The fourth-order valence-corrected chi connectivity index (χ4v) is 5.68. The minimum atomic E-state index is -0.635. The van der Waals surface area contributed by atoms with Crippen LogP contribution in [0, 0.1) is 0 Å². The number of hydrogen-bond donors (Lipinski definition) is 1. The summed E-state index contributed by atoms with van der Waals surface area (Å²) in [5.74, 6) is 0.437. The maximum atomic E-state index is 13.7. The highest BCUT2D eigenvalue weighted by molar-refractivity contribution is 8.16. The van der Waals surface area contributed by atoms with E-state index >= 15 is 0 Å². The molecule has 0 aliphatic carbocycles. The van der Waals surface area contributed by atoms with Crippen LogP contribution in [0.5, 0.6) is 11.5 Å². The molecule has 1 unspecified atom stereocenters. The van der Waals surface area contributed by atoms with Crippen molar-refractivity contribution in [3.63, 3.8) is 0 Å². The van der Waals surface area contributed by atoms with Crippen molar-refractivity contribution in [2.45, 2.75) is 25.9 Å². The lowest BCUT2D eigenvalue weighted by Crippen LogP contribution is -2.38. The molecule has 0 radical (unpaired) electrons. The monoisotopic (exact) mass is 570 g/mol. The van der Waals surface area contributed by atoms with E-state index in [9.17, 15) is 9.59 Å². The number of fused-ring (bicyclic) bond motifs is 1. The van der Waals surface area contributed by atoms with Gasteiger partial charge in [0.2, 0.25) is 5.91 Å². The summed E-state index contributed by atoms with van der Waals surface area (Å²) in [6.45, 7) is 2.33. The number of amides is 1. The van der Waals surface area contributed by atoms with Crippen LogP contribution in [0.1, 0.15) is 36.1 Å². The molecule has 1 amide bonds. The Hall–Kier alpha value is -4.57. The van der Waals surface area contributed by atoms with Crippen LogP contribution in [0.2, 0.25) is 0 Å². The molecule has 0 spiro atoms. The first-order chi connectivity index (χ1) is 20.0. The van der Waals surface area contributed by atoms with Crippen LogP contribution < -0.4 is 14.8 Å². The van der Waals surface area contributed by atoms with Crippen molar-refractivity contribution in [3.05, 3.63) is 106 Å². The van der Waals surface area contributed by atoms with Gasteiger partial charge in [0.05, 0.1) is 44.6 Å². The molecule has 10 heteroatoms. The summed E-state index contributed by atoms with van der Waals surface area (Å²) in [5, 5.41) is 5.53. The predicted molar refractivity (Wildman–Crippen MR) is 158 cm³/mol. The zero-order valence-corrected chi connectivity index (χ0v) is 23.8. The third kappa shape index (κ3) is 5.97. The van der Waals surface area contributed by atoms with E-state index in [1.165, 1.54) is 11.8 Å². The molecular formula is C31H30N4O5S.